The van der Waals surface area contributed by atoms with Gasteiger partial charge in [-0.1, -0.05) is 0 Å². The minimum Gasteiger partial charge on any atom is -0.211 e. The van der Waals surface area contributed by atoms with Crippen molar-refractivity contribution in [2.24, 2.45) is 20.0 Å². The Bertz CT molecular complexity index is 772. The first kappa shape index (κ1) is 18.8. The minimum atomic E-state index is 0.144. The van der Waals surface area contributed by atoms with E-state index in [0.29, 0.717) is 46.5 Å². The molecule has 0 amide bonds. The van der Waals surface area contributed by atoms with Crippen molar-refractivity contribution in [1.29, 1.82) is 0 Å². The van der Waals surface area contributed by atoms with Gasteiger partial charge in [-0.2, -0.15) is 9.98 Å². The lowest BCUT2D eigenvalue weighted by Gasteiger charge is -2.17. The molecule has 24 heavy (non-hydrogen) atoms. The zero-order valence-electron chi connectivity index (χ0n) is 13.3. The largest absolute Gasteiger partial charge is 0.240 e. The van der Waals surface area contributed by atoms with Gasteiger partial charge in [0.1, 0.15) is 0 Å². The van der Waals surface area contributed by atoms with E-state index >= 15 is 0 Å². The lowest BCUT2D eigenvalue weighted by molar-refractivity contribution is 0.562. The maximum absolute atomic E-state index is 10.8. The zero-order valence-corrected chi connectivity index (χ0v) is 13.3. The molecule has 0 spiro atoms. The molecule has 0 radical (unpaired) electrons. The molecule has 0 saturated carbocycles. The number of aliphatic imine (C=N–C) groups is 4. The van der Waals surface area contributed by atoms with Gasteiger partial charge in [0.05, 0.1) is 24.5 Å². The lowest BCUT2D eigenvalue weighted by Crippen LogP contribution is -2.03. The monoisotopic (exact) mass is 326 g/mol. The van der Waals surface area contributed by atoms with Crippen molar-refractivity contribution in [3.05, 3.63) is 22.3 Å². The van der Waals surface area contributed by atoms with Gasteiger partial charge in [0.25, 0.3) is 0 Å². The Balaban J connectivity index is 3.67. The van der Waals surface area contributed by atoms with Gasteiger partial charge in [-0.25, -0.2) is 29.2 Å². The topological polar surface area (TPSA) is 118 Å². The molecule has 0 heterocycles. The van der Waals surface area contributed by atoms with Crippen LogP contribution in [0.15, 0.2) is 20.0 Å². The second kappa shape index (κ2) is 9.70. The summed E-state index contributed by atoms with van der Waals surface area (Å²) in [6, 6.07) is 0. The van der Waals surface area contributed by atoms with Crippen molar-refractivity contribution in [1.82, 2.24) is 0 Å². The van der Waals surface area contributed by atoms with Crippen LogP contribution in [0.4, 0.5) is 11.4 Å². The molecule has 0 aliphatic rings. The molecular formula is C16H14N4O4. The fourth-order valence-corrected chi connectivity index (χ4v) is 2.54. The lowest BCUT2D eigenvalue weighted by atomic mass is 9.91. The molecule has 0 aliphatic heterocycles. The summed E-state index contributed by atoms with van der Waals surface area (Å²) in [5, 5.41) is 0. The summed E-state index contributed by atoms with van der Waals surface area (Å²) in [6.45, 7) is 3.73. The summed E-state index contributed by atoms with van der Waals surface area (Å²) < 4.78 is 0. The van der Waals surface area contributed by atoms with Crippen LogP contribution in [-0.2, 0) is 32.0 Å². The van der Waals surface area contributed by atoms with Gasteiger partial charge in [0.15, 0.2) is 0 Å². The van der Waals surface area contributed by atoms with E-state index in [1.54, 1.807) is 13.8 Å². The van der Waals surface area contributed by atoms with Gasteiger partial charge >= 0.3 is 0 Å². The van der Waals surface area contributed by atoms with Crippen LogP contribution in [0.25, 0.3) is 0 Å². The maximum atomic E-state index is 10.8. The van der Waals surface area contributed by atoms with Crippen LogP contribution in [-0.4, -0.2) is 37.4 Å². The van der Waals surface area contributed by atoms with Gasteiger partial charge in [-0.3, -0.25) is 0 Å². The molecule has 0 aliphatic carbocycles. The Morgan fingerprint density at radius 2 is 1.08 bits per heavy atom. The summed E-state index contributed by atoms with van der Waals surface area (Å²) in [4.78, 5) is 56.5. The molecule has 0 fully saturated rings. The van der Waals surface area contributed by atoms with Gasteiger partial charge in [-0.05, 0) is 48.9 Å². The van der Waals surface area contributed by atoms with Crippen molar-refractivity contribution < 1.29 is 19.2 Å². The predicted octanol–water partition coefficient (Wildman–Crippen LogP) is 1.99. The van der Waals surface area contributed by atoms with Gasteiger partial charge in [-0.15, -0.1) is 0 Å². The van der Waals surface area contributed by atoms with Crippen LogP contribution < -0.4 is 0 Å². The molecule has 0 N–H and O–H groups in total. The highest BCUT2D eigenvalue weighted by molar-refractivity contribution is 5.73. The van der Waals surface area contributed by atoms with E-state index in [9.17, 15) is 19.2 Å². The number of nitrogens with zero attached hydrogens (tertiary/aromatic N) is 4. The fourth-order valence-electron chi connectivity index (χ4n) is 2.54. The SMILES string of the molecule is Cc1c(CCN=C=O)c(N=C=O)c(CCN=C=O)c(C)c1N=C=O. The second-order valence-electron chi connectivity index (χ2n) is 4.76. The zero-order chi connectivity index (χ0) is 17.9. The molecule has 1 rings (SSSR count). The quantitative estimate of drug-likeness (QED) is 0.536. The molecule has 0 bridgehead atoms. The number of hydrogen-bond donors (Lipinski definition) is 0. The van der Waals surface area contributed by atoms with Crippen molar-refractivity contribution in [2.45, 2.75) is 26.7 Å². The Morgan fingerprint density at radius 3 is 1.46 bits per heavy atom. The van der Waals surface area contributed by atoms with E-state index in [1.165, 1.54) is 24.3 Å². The van der Waals surface area contributed by atoms with E-state index in [0.717, 1.165) is 0 Å². The summed E-state index contributed by atoms with van der Waals surface area (Å²) in [5.41, 5.74) is 3.27. The molecule has 0 saturated heterocycles. The highest BCUT2D eigenvalue weighted by atomic mass is 16.1. The Hall–Kier alpha value is -3.26. The molecule has 8 nitrogen and oxygen atoms in total. The van der Waals surface area contributed by atoms with Crippen LogP contribution in [0.2, 0.25) is 0 Å². The number of rotatable bonds is 8. The van der Waals surface area contributed by atoms with Crippen LogP contribution in [0.1, 0.15) is 22.3 Å². The van der Waals surface area contributed by atoms with E-state index < -0.39 is 0 Å². The highest BCUT2D eigenvalue weighted by Crippen LogP contribution is 2.38. The number of hydrogen-bond acceptors (Lipinski definition) is 8. The third-order valence-corrected chi connectivity index (χ3v) is 3.58. The number of carbonyl (C=O) groups excluding carboxylic acids is 4. The Labute approximate surface area is 137 Å². The average molecular weight is 326 g/mol. The van der Waals surface area contributed by atoms with Crippen LogP contribution in [0, 0.1) is 13.8 Å². The Kier molecular flexibility index (Phi) is 7.59. The second-order valence-corrected chi connectivity index (χ2v) is 4.76. The van der Waals surface area contributed by atoms with Crippen molar-refractivity contribution >= 4 is 35.7 Å². The Morgan fingerprint density at radius 1 is 0.667 bits per heavy atom. The van der Waals surface area contributed by atoms with Crippen molar-refractivity contribution in [2.75, 3.05) is 13.1 Å². The maximum Gasteiger partial charge on any atom is 0.240 e. The van der Waals surface area contributed by atoms with Gasteiger partial charge in [0, 0.05) is 0 Å². The van der Waals surface area contributed by atoms with E-state index in [1.807, 2.05) is 0 Å². The van der Waals surface area contributed by atoms with Gasteiger partial charge < -0.3 is 0 Å². The number of benzene rings is 1. The molecule has 1 aromatic carbocycles. The molecule has 0 unspecified atom stereocenters. The summed E-state index contributed by atoms with van der Waals surface area (Å²) >= 11 is 0. The first-order valence-corrected chi connectivity index (χ1v) is 7.00. The average Bonchev–Trinajstić information content (AvgIpc) is 2.57. The summed E-state index contributed by atoms with van der Waals surface area (Å²) in [6.07, 6.45) is 6.48. The van der Waals surface area contributed by atoms with Gasteiger partial charge in [0.2, 0.25) is 24.3 Å². The molecule has 1 aromatic rings. The van der Waals surface area contributed by atoms with Crippen molar-refractivity contribution in [3.8, 4) is 0 Å². The molecule has 8 heteroatoms. The standard InChI is InChI=1S/C16H14N4O4/c1-11-13(3-5-17-7-21)16(20-10-24)14(4-6-18-8-22)12(2)15(11)19-9-23/h3-6H2,1-2H3. The smallest absolute Gasteiger partial charge is 0.211 e. The third kappa shape index (κ3) is 4.37. The predicted molar refractivity (Wildman–Crippen MR) is 84.9 cm³/mol. The number of isocyanates is 4. The third-order valence-electron chi connectivity index (χ3n) is 3.58. The first-order valence-electron chi connectivity index (χ1n) is 7.00. The molecule has 122 valence electrons. The van der Waals surface area contributed by atoms with E-state index in [-0.39, 0.29) is 13.1 Å². The van der Waals surface area contributed by atoms with E-state index in [2.05, 4.69) is 20.0 Å². The van der Waals surface area contributed by atoms with Crippen molar-refractivity contribution in [3.63, 3.8) is 0 Å². The highest BCUT2D eigenvalue weighted by Gasteiger charge is 2.19. The first-order chi connectivity index (χ1) is 11.6. The fraction of sp³-hybridized carbons (Fsp3) is 0.375. The van der Waals surface area contributed by atoms with Crippen LogP contribution in [0.3, 0.4) is 0 Å². The van der Waals surface area contributed by atoms with Crippen LogP contribution >= 0.6 is 0 Å². The molecule has 0 atom stereocenters. The molecular weight excluding hydrogens is 312 g/mol. The molecule has 0 aromatic heterocycles. The summed E-state index contributed by atoms with van der Waals surface area (Å²) in [7, 11) is 0. The minimum absolute atomic E-state index is 0.144. The van der Waals surface area contributed by atoms with E-state index in [4.69, 9.17) is 0 Å². The summed E-state index contributed by atoms with van der Waals surface area (Å²) in [5.74, 6) is 0. The normalized spacial score (nSPS) is 9.08. The van der Waals surface area contributed by atoms with Crippen LogP contribution in [0.5, 0.6) is 0 Å².